The molecule has 6 rings (SSSR count). The monoisotopic (exact) mass is 689 g/mol. The van der Waals surface area contributed by atoms with E-state index in [1.54, 1.807) is 0 Å². The zero-order valence-corrected chi connectivity index (χ0v) is 33.8. The summed E-state index contributed by atoms with van der Waals surface area (Å²) in [5.41, 5.74) is 20.7. The molecule has 5 aromatic carbocycles. The first-order chi connectivity index (χ1) is 25.4. The molecule has 0 radical (unpaired) electrons. The van der Waals surface area contributed by atoms with Gasteiger partial charge in [0.1, 0.15) is 0 Å². The number of hydrogen-bond acceptors (Lipinski definition) is 1. The molecule has 272 valence electrons. The van der Waals surface area contributed by atoms with Crippen LogP contribution in [0.3, 0.4) is 0 Å². The molecule has 5 aromatic rings. The minimum Gasteiger partial charge on any atom is -0.333 e. The second-order valence-corrected chi connectivity index (χ2v) is 12.1. The van der Waals surface area contributed by atoms with Gasteiger partial charge in [0.25, 0.3) is 0 Å². The van der Waals surface area contributed by atoms with Gasteiger partial charge in [0.15, 0.2) is 0 Å². The van der Waals surface area contributed by atoms with Crippen LogP contribution in [0.2, 0.25) is 0 Å². The predicted octanol–water partition coefficient (Wildman–Crippen LogP) is 14.1. The third-order valence-electron chi connectivity index (χ3n) is 9.29. The summed E-state index contributed by atoms with van der Waals surface area (Å²) < 4.78 is 0. The van der Waals surface area contributed by atoms with Crippen molar-refractivity contribution in [3.8, 4) is 11.1 Å². The lowest BCUT2D eigenvalue weighted by Crippen LogP contribution is -2.29. The molecule has 0 saturated heterocycles. The van der Waals surface area contributed by atoms with Gasteiger partial charge in [-0.15, -0.1) is 0 Å². The average Bonchev–Trinajstić information content (AvgIpc) is 3.46. The van der Waals surface area contributed by atoms with Gasteiger partial charge in [0.2, 0.25) is 0 Å². The van der Waals surface area contributed by atoms with Crippen molar-refractivity contribution in [2.75, 3.05) is 7.05 Å². The van der Waals surface area contributed by atoms with E-state index in [0.717, 1.165) is 17.6 Å². The normalized spacial score (nSPS) is 14.2. The number of aryl methyl sites for hydroxylation is 3. The molecule has 1 aliphatic rings. The number of rotatable bonds is 7. The Morgan fingerprint density at radius 3 is 1.71 bits per heavy atom. The van der Waals surface area contributed by atoms with Crippen LogP contribution in [-0.4, -0.2) is 7.05 Å². The van der Waals surface area contributed by atoms with Crippen LogP contribution in [0.4, 0.5) is 0 Å². The highest BCUT2D eigenvalue weighted by Crippen LogP contribution is 2.55. The topological polar surface area (TPSA) is 26.0 Å². The molecule has 2 N–H and O–H groups in total. The first-order valence-electron chi connectivity index (χ1n) is 19.0. The predicted molar refractivity (Wildman–Crippen MR) is 234 cm³/mol. The van der Waals surface area contributed by atoms with Crippen molar-refractivity contribution in [3.05, 3.63) is 202 Å². The van der Waals surface area contributed by atoms with Gasteiger partial charge in [-0.05, 0) is 127 Å². The van der Waals surface area contributed by atoms with Crippen LogP contribution in [0.15, 0.2) is 158 Å². The van der Waals surface area contributed by atoms with Gasteiger partial charge in [-0.1, -0.05) is 181 Å². The minimum absolute atomic E-state index is 0.418. The fraction of sp³-hybridized carbons (Fsp3) is 0.255. The molecule has 1 aliphatic carbocycles. The van der Waals surface area contributed by atoms with Gasteiger partial charge < -0.3 is 5.73 Å². The molecule has 0 amide bonds. The van der Waals surface area contributed by atoms with Gasteiger partial charge in [-0.2, -0.15) is 0 Å². The van der Waals surface area contributed by atoms with Gasteiger partial charge in [-0.25, -0.2) is 0 Å². The Balaban J connectivity index is 0.000000573. The van der Waals surface area contributed by atoms with Gasteiger partial charge in [0, 0.05) is 0 Å². The zero-order valence-electron chi connectivity index (χ0n) is 33.8. The Hall–Kier alpha value is -4.98. The zero-order chi connectivity index (χ0) is 38.7. The molecular weight excluding hydrogens is 627 g/mol. The van der Waals surface area contributed by atoms with Crippen LogP contribution < -0.4 is 5.73 Å². The molecule has 1 unspecified atom stereocenters. The Bertz CT molecular complexity index is 1920. The Morgan fingerprint density at radius 1 is 0.615 bits per heavy atom. The van der Waals surface area contributed by atoms with Crippen molar-refractivity contribution in [1.82, 2.24) is 0 Å². The summed E-state index contributed by atoms with van der Waals surface area (Å²) in [5, 5.41) is 0. The fourth-order valence-electron chi connectivity index (χ4n) is 6.88. The van der Waals surface area contributed by atoms with E-state index >= 15 is 0 Å². The number of nitrogens with two attached hydrogens (primary N) is 1. The van der Waals surface area contributed by atoms with E-state index in [4.69, 9.17) is 0 Å². The molecule has 0 saturated carbocycles. The van der Waals surface area contributed by atoms with Gasteiger partial charge in [0.05, 0.1) is 5.41 Å². The van der Waals surface area contributed by atoms with Gasteiger partial charge >= 0.3 is 0 Å². The van der Waals surface area contributed by atoms with Gasteiger partial charge in [-0.3, -0.25) is 0 Å². The maximum absolute atomic E-state index is 4.50. The lowest BCUT2D eigenvalue weighted by Gasteiger charge is -2.35. The van der Waals surface area contributed by atoms with Crippen molar-refractivity contribution in [1.29, 1.82) is 0 Å². The van der Waals surface area contributed by atoms with Crippen LogP contribution in [0.1, 0.15) is 99.9 Å². The van der Waals surface area contributed by atoms with E-state index in [0.29, 0.717) is 0 Å². The number of allylic oxidation sites excluding steroid dienone is 7. The smallest absolute Gasteiger partial charge is 0.0710 e. The van der Waals surface area contributed by atoms with Crippen LogP contribution >= 0.6 is 0 Å². The van der Waals surface area contributed by atoms with Crippen LogP contribution in [0.5, 0.6) is 0 Å². The number of fused-ring (bicyclic) bond motifs is 1. The third kappa shape index (κ3) is 9.46. The summed E-state index contributed by atoms with van der Waals surface area (Å²) in [7, 11) is 1.50. The molecule has 0 spiro atoms. The third-order valence-corrected chi connectivity index (χ3v) is 9.29. The highest BCUT2D eigenvalue weighted by atomic mass is 14.5. The SMILES string of the molecule is C=C(/C=C\C)c1ccc(C2(c3ccc(C)c(-c4ccccc4C)c3)C(/C=C\C)=C(C)c3ccccc32)cc1.CC.CC.CCc1ccccc1.CN. The largest absolute Gasteiger partial charge is 0.333 e. The summed E-state index contributed by atoms with van der Waals surface area (Å²) in [6.07, 6.45) is 9.74. The molecule has 0 fully saturated rings. The molecule has 1 heteroatoms. The fourth-order valence-corrected chi connectivity index (χ4v) is 6.88. The first-order valence-corrected chi connectivity index (χ1v) is 19.0. The van der Waals surface area contributed by atoms with E-state index in [1.165, 1.54) is 68.3 Å². The Labute approximate surface area is 317 Å². The summed E-state index contributed by atoms with van der Waals surface area (Å²) in [4.78, 5) is 0. The summed E-state index contributed by atoms with van der Waals surface area (Å²) in [6, 6.07) is 44.2. The molecular formula is C51H63N. The maximum atomic E-state index is 4.50. The minimum atomic E-state index is -0.418. The lowest BCUT2D eigenvalue weighted by atomic mass is 9.66. The summed E-state index contributed by atoms with van der Waals surface area (Å²) in [5.74, 6) is 0. The quantitative estimate of drug-likeness (QED) is 0.169. The van der Waals surface area contributed by atoms with Crippen LogP contribution in [-0.2, 0) is 11.8 Å². The Morgan fingerprint density at radius 2 is 1.15 bits per heavy atom. The van der Waals surface area contributed by atoms with Crippen molar-refractivity contribution < 1.29 is 0 Å². The lowest BCUT2D eigenvalue weighted by molar-refractivity contribution is 0.760. The molecule has 0 aromatic heterocycles. The second-order valence-electron chi connectivity index (χ2n) is 12.1. The second kappa shape index (κ2) is 22.1. The van der Waals surface area contributed by atoms with E-state index in [9.17, 15) is 0 Å². The molecule has 52 heavy (non-hydrogen) atoms. The molecule has 0 heterocycles. The first kappa shape index (κ1) is 43.2. The van der Waals surface area contributed by atoms with Crippen molar-refractivity contribution in [3.63, 3.8) is 0 Å². The maximum Gasteiger partial charge on any atom is 0.0710 e. The van der Waals surface area contributed by atoms with E-state index < -0.39 is 5.41 Å². The highest BCUT2D eigenvalue weighted by Gasteiger charge is 2.45. The number of benzene rings is 5. The molecule has 0 bridgehead atoms. The average molecular weight is 690 g/mol. The van der Waals surface area contributed by atoms with Crippen molar-refractivity contribution in [2.45, 2.75) is 81.1 Å². The summed E-state index contributed by atoms with van der Waals surface area (Å²) >= 11 is 0. The number of hydrogen-bond donors (Lipinski definition) is 1. The van der Waals surface area contributed by atoms with E-state index in [1.807, 2.05) is 46.8 Å². The molecule has 0 aliphatic heterocycles. The molecule has 1 nitrogen and oxygen atoms in total. The standard InChI is InChI=1S/C38H36.C8H10.2C2H6.CH5N/c1-7-13-26(3)30-20-23-31(24-21-30)38(36(14-8-2)29(6)34-17-11-12-18-37(34)38)32-22-19-28(5)35(25-32)33-16-10-9-15-27(33)4;1-2-8-6-4-3-5-7-8;3*1-2/h7-25H,3H2,1-2,4-6H3;3-7H,2H2,1H3;2*1-2H3;2H2,1H3/b13-7-,14-8-;;;;. The van der Waals surface area contributed by atoms with E-state index in [-0.39, 0.29) is 0 Å². The van der Waals surface area contributed by atoms with Crippen molar-refractivity contribution in [2.24, 2.45) is 5.73 Å². The molecule has 1 atom stereocenters. The summed E-state index contributed by atoms with van der Waals surface area (Å²) in [6.45, 7) is 25.3. The van der Waals surface area contributed by atoms with E-state index in [2.05, 4.69) is 180 Å². The highest BCUT2D eigenvalue weighted by molar-refractivity contribution is 5.87. The van der Waals surface area contributed by atoms with Crippen LogP contribution in [0.25, 0.3) is 22.3 Å². The Kier molecular flexibility index (Phi) is 18.3. The van der Waals surface area contributed by atoms with Crippen molar-refractivity contribution >= 4 is 11.1 Å². The van der Waals surface area contributed by atoms with Crippen LogP contribution in [0, 0.1) is 13.8 Å².